The SMILES string of the molecule is CC(C)(C)c1cc2ncc(C(=O)NCc3ccccc3)c(-c3ccccc3)n2n1. The van der Waals surface area contributed by atoms with Crippen LogP contribution >= 0.6 is 0 Å². The van der Waals surface area contributed by atoms with Crippen LogP contribution in [0.1, 0.15) is 42.4 Å². The molecule has 5 nitrogen and oxygen atoms in total. The van der Waals surface area contributed by atoms with Crippen LogP contribution in [0.15, 0.2) is 72.9 Å². The number of carbonyl (C=O) groups excluding carboxylic acids is 1. The molecule has 4 rings (SSSR count). The van der Waals surface area contributed by atoms with E-state index in [0.29, 0.717) is 12.1 Å². The minimum absolute atomic E-state index is 0.114. The minimum Gasteiger partial charge on any atom is -0.348 e. The summed E-state index contributed by atoms with van der Waals surface area (Å²) in [6.45, 7) is 6.80. The highest BCUT2D eigenvalue weighted by Crippen LogP contribution is 2.27. The van der Waals surface area contributed by atoms with Gasteiger partial charge < -0.3 is 5.32 Å². The summed E-state index contributed by atoms with van der Waals surface area (Å²) in [5.41, 5.74) is 4.77. The molecule has 1 N–H and O–H groups in total. The number of hydrogen-bond donors (Lipinski definition) is 1. The fourth-order valence-corrected chi connectivity index (χ4v) is 3.21. The van der Waals surface area contributed by atoms with Crippen LogP contribution in [-0.2, 0) is 12.0 Å². The van der Waals surface area contributed by atoms with Crippen molar-refractivity contribution in [3.8, 4) is 11.3 Å². The molecule has 0 radical (unpaired) electrons. The molecule has 0 saturated carbocycles. The lowest BCUT2D eigenvalue weighted by molar-refractivity contribution is 0.0950. The molecule has 29 heavy (non-hydrogen) atoms. The molecule has 0 saturated heterocycles. The molecular weight excluding hydrogens is 360 g/mol. The van der Waals surface area contributed by atoms with Crippen molar-refractivity contribution in [3.05, 3.63) is 89.7 Å². The number of carbonyl (C=O) groups is 1. The summed E-state index contributed by atoms with van der Waals surface area (Å²) in [6, 6.07) is 21.7. The first-order valence-electron chi connectivity index (χ1n) is 9.70. The maximum atomic E-state index is 13.1. The van der Waals surface area contributed by atoms with Gasteiger partial charge in [-0.05, 0) is 5.56 Å². The molecular formula is C24H24N4O. The molecule has 4 aromatic rings. The normalized spacial score (nSPS) is 11.6. The molecule has 0 fully saturated rings. The van der Waals surface area contributed by atoms with E-state index >= 15 is 0 Å². The minimum atomic E-state index is -0.171. The Bertz CT molecular complexity index is 1140. The Morgan fingerprint density at radius 2 is 1.66 bits per heavy atom. The number of fused-ring (bicyclic) bond motifs is 1. The van der Waals surface area contributed by atoms with E-state index in [0.717, 1.165) is 28.2 Å². The largest absolute Gasteiger partial charge is 0.348 e. The summed E-state index contributed by atoms with van der Waals surface area (Å²) in [6.07, 6.45) is 1.64. The summed E-state index contributed by atoms with van der Waals surface area (Å²) in [5.74, 6) is -0.171. The quantitative estimate of drug-likeness (QED) is 0.558. The number of benzene rings is 2. The average molecular weight is 384 g/mol. The number of amides is 1. The van der Waals surface area contributed by atoms with Crippen LogP contribution in [0.3, 0.4) is 0 Å². The molecule has 0 spiro atoms. The third-order valence-corrected chi connectivity index (χ3v) is 4.84. The molecule has 0 aliphatic rings. The zero-order chi connectivity index (χ0) is 20.4. The van der Waals surface area contributed by atoms with Crippen molar-refractivity contribution in [2.45, 2.75) is 32.7 Å². The van der Waals surface area contributed by atoms with Gasteiger partial charge in [0.1, 0.15) is 0 Å². The van der Waals surface area contributed by atoms with Gasteiger partial charge in [-0.1, -0.05) is 81.4 Å². The van der Waals surface area contributed by atoms with Gasteiger partial charge in [-0.25, -0.2) is 9.50 Å². The summed E-state index contributed by atoms with van der Waals surface area (Å²) in [4.78, 5) is 17.6. The zero-order valence-electron chi connectivity index (χ0n) is 16.9. The molecule has 0 atom stereocenters. The Labute approximate surface area is 170 Å². The Morgan fingerprint density at radius 1 is 1.00 bits per heavy atom. The van der Waals surface area contributed by atoms with Crippen molar-refractivity contribution in [2.24, 2.45) is 0 Å². The van der Waals surface area contributed by atoms with Crippen LogP contribution in [0.2, 0.25) is 0 Å². The predicted octanol–water partition coefficient (Wildman–Crippen LogP) is 4.62. The van der Waals surface area contributed by atoms with Gasteiger partial charge in [-0.3, -0.25) is 4.79 Å². The van der Waals surface area contributed by atoms with E-state index in [1.54, 1.807) is 10.7 Å². The van der Waals surface area contributed by atoms with E-state index in [2.05, 4.69) is 31.1 Å². The summed E-state index contributed by atoms with van der Waals surface area (Å²) >= 11 is 0. The second-order valence-corrected chi connectivity index (χ2v) is 8.10. The lowest BCUT2D eigenvalue weighted by Crippen LogP contribution is -2.24. The molecule has 5 heteroatoms. The molecule has 0 aliphatic heterocycles. The maximum Gasteiger partial charge on any atom is 0.255 e. The molecule has 2 heterocycles. The fourth-order valence-electron chi connectivity index (χ4n) is 3.21. The van der Waals surface area contributed by atoms with E-state index in [1.165, 1.54) is 0 Å². The van der Waals surface area contributed by atoms with Gasteiger partial charge in [0, 0.05) is 29.8 Å². The van der Waals surface area contributed by atoms with Crippen LogP contribution in [0, 0.1) is 0 Å². The number of hydrogen-bond acceptors (Lipinski definition) is 3. The molecule has 2 aromatic heterocycles. The smallest absolute Gasteiger partial charge is 0.255 e. The number of aromatic nitrogens is 3. The van der Waals surface area contributed by atoms with E-state index in [1.807, 2.05) is 66.7 Å². The topological polar surface area (TPSA) is 59.3 Å². The van der Waals surface area contributed by atoms with Crippen molar-refractivity contribution in [3.63, 3.8) is 0 Å². The Kier molecular flexibility index (Phi) is 4.89. The first kappa shape index (κ1) is 18.9. The predicted molar refractivity (Wildman–Crippen MR) is 115 cm³/mol. The van der Waals surface area contributed by atoms with E-state index in [4.69, 9.17) is 5.10 Å². The first-order valence-corrected chi connectivity index (χ1v) is 9.70. The van der Waals surface area contributed by atoms with Gasteiger partial charge in [-0.15, -0.1) is 0 Å². The monoisotopic (exact) mass is 384 g/mol. The van der Waals surface area contributed by atoms with Crippen molar-refractivity contribution in [2.75, 3.05) is 0 Å². The van der Waals surface area contributed by atoms with Crippen LogP contribution in [0.25, 0.3) is 16.9 Å². The van der Waals surface area contributed by atoms with Gasteiger partial charge in [-0.2, -0.15) is 5.10 Å². The second-order valence-electron chi connectivity index (χ2n) is 8.10. The zero-order valence-corrected chi connectivity index (χ0v) is 16.9. The Morgan fingerprint density at radius 3 is 2.31 bits per heavy atom. The van der Waals surface area contributed by atoms with Gasteiger partial charge >= 0.3 is 0 Å². The molecule has 0 aliphatic carbocycles. The van der Waals surface area contributed by atoms with Crippen LogP contribution in [0.4, 0.5) is 0 Å². The summed E-state index contributed by atoms with van der Waals surface area (Å²) < 4.78 is 1.79. The van der Waals surface area contributed by atoms with Crippen LogP contribution < -0.4 is 5.32 Å². The highest BCUT2D eigenvalue weighted by molar-refractivity contribution is 6.00. The number of nitrogens with zero attached hydrogens (tertiary/aromatic N) is 3. The lowest BCUT2D eigenvalue weighted by atomic mass is 9.93. The molecule has 1 amide bonds. The van der Waals surface area contributed by atoms with Crippen molar-refractivity contribution < 1.29 is 4.79 Å². The van der Waals surface area contributed by atoms with Gasteiger partial charge in [0.25, 0.3) is 5.91 Å². The van der Waals surface area contributed by atoms with Crippen LogP contribution in [0.5, 0.6) is 0 Å². The third-order valence-electron chi connectivity index (χ3n) is 4.84. The maximum absolute atomic E-state index is 13.1. The molecule has 0 bridgehead atoms. The summed E-state index contributed by atoms with van der Waals surface area (Å²) in [7, 11) is 0. The average Bonchev–Trinajstić information content (AvgIpc) is 3.17. The summed E-state index contributed by atoms with van der Waals surface area (Å²) in [5, 5.41) is 7.80. The Hall–Kier alpha value is -3.47. The first-order chi connectivity index (χ1) is 13.9. The van der Waals surface area contributed by atoms with Crippen molar-refractivity contribution in [1.29, 1.82) is 0 Å². The molecule has 146 valence electrons. The highest BCUT2D eigenvalue weighted by atomic mass is 16.1. The van der Waals surface area contributed by atoms with E-state index in [9.17, 15) is 4.79 Å². The van der Waals surface area contributed by atoms with Crippen molar-refractivity contribution >= 4 is 11.6 Å². The fraction of sp³-hybridized carbons (Fsp3) is 0.208. The number of rotatable bonds is 4. The van der Waals surface area contributed by atoms with Crippen molar-refractivity contribution in [1.82, 2.24) is 19.9 Å². The van der Waals surface area contributed by atoms with Crippen LogP contribution in [-0.4, -0.2) is 20.5 Å². The second kappa shape index (κ2) is 7.51. The lowest BCUT2D eigenvalue weighted by Gasteiger charge is -2.14. The van der Waals surface area contributed by atoms with E-state index < -0.39 is 0 Å². The molecule has 0 unspecified atom stereocenters. The number of nitrogens with one attached hydrogen (secondary N) is 1. The van der Waals surface area contributed by atoms with Gasteiger partial charge in [0.05, 0.1) is 17.0 Å². The Balaban J connectivity index is 1.79. The molecule has 2 aromatic carbocycles. The highest BCUT2D eigenvalue weighted by Gasteiger charge is 2.22. The standard InChI is InChI=1S/C24H24N4O/c1-24(2,3)20-14-21-25-16-19(23(29)26-15-17-10-6-4-7-11-17)22(28(21)27-20)18-12-8-5-9-13-18/h4-14,16H,15H2,1-3H3,(H,26,29). The van der Waals surface area contributed by atoms with Gasteiger partial charge in [0.15, 0.2) is 5.65 Å². The van der Waals surface area contributed by atoms with E-state index in [-0.39, 0.29) is 11.3 Å². The van der Waals surface area contributed by atoms with Gasteiger partial charge in [0.2, 0.25) is 0 Å². The third kappa shape index (κ3) is 3.90.